The molecule has 2 nitrogen and oxygen atoms in total. The molecule has 1 aromatic heterocycles. The Hall–Kier alpha value is -1.55. The number of nitrogens with one attached hydrogen (secondary N) is 1. The Bertz CT molecular complexity index is 596. The van der Waals surface area contributed by atoms with Crippen molar-refractivity contribution in [2.45, 2.75) is 32.2 Å². The van der Waals surface area contributed by atoms with Gasteiger partial charge in [-0.25, -0.2) is 4.39 Å². The van der Waals surface area contributed by atoms with Crippen molar-refractivity contribution < 1.29 is 9.13 Å². The number of halogens is 1. The highest BCUT2D eigenvalue weighted by Gasteiger charge is 2.22. The van der Waals surface area contributed by atoms with E-state index in [9.17, 15) is 4.39 Å². The van der Waals surface area contributed by atoms with Crippen LogP contribution in [0.4, 0.5) is 10.1 Å². The van der Waals surface area contributed by atoms with E-state index in [-0.39, 0.29) is 5.82 Å². The van der Waals surface area contributed by atoms with Crippen LogP contribution < -0.4 is 10.1 Å². The average molecular weight is 291 g/mol. The molecule has 3 rings (SSSR count). The molecule has 2 aromatic rings. The lowest BCUT2D eigenvalue weighted by molar-refractivity contribution is 0.339. The molecule has 20 heavy (non-hydrogen) atoms. The Morgan fingerprint density at radius 3 is 3.15 bits per heavy atom. The van der Waals surface area contributed by atoms with Gasteiger partial charge in [-0.2, -0.15) is 0 Å². The SMILES string of the molecule is CCOc1cc(F)ccc1NC1CCCc2sccc21. The zero-order chi connectivity index (χ0) is 13.9. The molecule has 1 unspecified atom stereocenters. The van der Waals surface area contributed by atoms with Crippen LogP contribution in [0.3, 0.4) is 0 Å². The Morgan fingerprint density at radius 1 is 1.40 bits per heavy atom. The fourth-order valence-corrected chi connectivity index (χ4v) is 3.70. The van der Waals surface area contributed by atoms with Crippen molar-refractivity contribution in [1.82, 2.24) is 0 Å². The summed E-state index contributed by atoms with van der Waals surface area (Å²) >= 11 is 1.83. The maximum atomic E-state index is 13.3. The molecular weight excluding hydrogens is 273 g/mol. The molecule has 1 N–H and O–H groups in total. The van der Waals surface area contributed by atoms with Gasteiger partial charge in [-0.3, -0.25) is 0 Å². The molecule has 1 aliphatic carbocycles. The zero-order valence-corrected chi connectivity index (χ0v) is 12.3. The van der Waals surface area contributed by atoms with Gasteiger partial charge in [0.1, 0.15) is 11.6 Å². The first-order chi connectivity index (χ1) is 9.78. The molecule has 0 bridgehead atoms. The van der Waals surface area contributed by atoms with Crippen LogP contribution in [0.2, 0.25) is 0 Å². The van der Waals surface area contributed by atoms with E-state index in [0.717, 1.165) is 12.1 Å². The lowest BCUT2D eigenvalue weighted by Crippen LogP contribution is -2.16. The molecule has 1 heterocycles. The second kappa shape index (κ2) is 5.83. The predicted molar refractivity (Wildman–Crippen MR) is 81.2 cm³/mol. The molecule has 0 saturated carbocycles. The van der Waals surface area contributed by atoms with E-state index in [1.54, 1.807) is 6.07 Å². The van der Waals surface area contributed by atoms with Crippen LogP contribution in [0.25, 0.3) is 0 Å². The second-order valence-corrected chi connectivity index (χ2v) is 5.96. The Labute approximate surface area is 122 Å². The molecule has 0 aliphatic heterocycles. The number of ether oxygens (including phenoxy) is 1. The summed E-state index contributed by atoms with van der Waals surface area (Å²) in [5.41, 5.74) is 2.25. The summed E-state index contributed by atoms with van der Waals surface area (Å²) in [5, 5.41) is 5.67. The third-order valence-corrected chi connectivity index (χ3v) is 4.62. The van der Waals surface area contributed by atoms with Crippen molar-refractivity contribution in [2.75, 3.05) is 11.9 Å². The minimum absolute atomic E-state index is 0.265. The van der Waals surface area contributed by atoms with E-state index in [0.29, 0.717) is 18.4 Å². The number of hydrogen-bond donors (Lipinski definition) is 1. The first-order valence-corrected chi connectivity index (χ1v) is 7.91. The highest BCUT2D eigenvalue weighted by Crippen LogP contribution is 2.37. The summed E-state index contributed by atoms with van der Waals surface area (Å²) in [6.07, 6.45) is 3.47. The summed E-state index contributed by atoms with van der Waals surface area (Å²) in [6.45, 7) is 2.44. The van der Waals surface area contributed by atoms with Crippen LogP contribution in [0.15, 0.2) is 29.6 Å². The van der Waals surface area contributed by atoms with Crippen molar-refractivity contribution in [2.24, 2.45) is 0 Å². The minimum Gasteiger partial charge on any atom is -0.492 e. The highest BCUT2D eigenvalue weighted by atomic mass is 32.1. The van der Waals surface area contributed by atoms with Crippen LogP contribution >= 0.6 is 11.3 Å². The first kappa shape index (κ1) is 13.4. The van der Waals surface area contributed by atoms with Crippen molar-refractivity contribution in [3.8, 4) is 5.75 Å². The quantitative estimate of drug-likeness (QED) is 0.875. The van der Waals surface area contributed by atoms with E-state index < -0.39 is 0 Å². The fraction of sp³-hybridized carbons (Fsp3) is 0.375. The van der Waals surface area contributed by atoms with Crippen LogP contribution in [0.1, 0.15) is 36.2 Å². The molecule has 106 valence electrons. The molecule has 0 saturated heterocycles. The number of fused-ring (bicyclic) bond motifs is 1. The molecular formula is C16H18FNOS. The van der Waals surface area contributed by atoms with Gasteiger partial charge in [0, 0.05) is 10.9 Å². The van der Waals surface area contributed by atoms with Gasteiger partial charge in [0.25, 0.3) is 0 Å². The molecule has 0 spiro atoms. The topological polar surface area (TPSA) is 21.3 Å². The fourth-order valence-electron chi connectivity index (χ4n) is 2.71. The standard InChI is InChI=1S/C16H18FNOS/c1-2-19-15-10-11(17)6-7-14(15)18-13-4-3-5-16-12(13)8-9-20-16/h6-10,13,18H,2-5H2,1H3. The molecule has 1 aliphatic rings. The third kappa shape index (κ3) is 2.66. The van der Waals surface area contributed by atoms with E-state index in [1.807, 2.05) is 18.3 Å². The van der Waals surface area contributed by atoms with Gasteiger partial charge in [0.2, 0.25) is 0 Å². The smallest absolute Gasteiger partial charge is 0.145 e. The van der Waals surface area contributed by atoms with Crippen LogP contribution in [-0.4, -0.2) is 6.61 Å². The summed E-state index contributed by atoms with van der Waals surface area (Å²) in [4.78, 5) is 1.47. The molecule has 0 amide bonds. The molecule has 4 heteroatoms. The maximum absolute atomic E-state index is 13.3. The van der Waals surface area contributed by atoms with Gasteiger partial charge in [0.05, 0.1) is 18.3 Å². The van der Waals surface area contributed by atoms with Crippen molar-refractivity contribution in [3.05, 3.63) is 45.9 Å². The van der Waals surface area contributed by atoms with Crippen LogP contribution in [0.5, 0.6) is 5.75 Å². The monoisotopic (exact) mass is 291 g/mol. The number of benzene rings is 1. The Kier molecular flexibility index (Phi) is 3.92. The van der Waals surface area contributed by atoms with Gasteiger partial charge < -0.3 is 10.1 Å². The highest BCUT2D eigenvalue weighted by molar-refractivity contribution is 7.10. The van der Waals surface area contributed by atoms with Crippen molar-refractivity contribution >= 4 is 17.0 Å². The van der Waals surface area contributed by atoms with Gasteiger partial charge in [0.15, 0.2) is 0 Å². The van der Waals surface area contributed by atoms with E-state index >= 15 is 0 Å². The largest absolute Gasteiger partial charge is 0.492 e. The van der Waals surface area contributed by atoms with Crippen LogP contribution in [0, 0.1) is 5.82 Å². The first-order valence-electron chi connectivity index (χ1n) is 7.03. The van der Waals surface area contributed by atoms with E-state index in [4.69, 9.17) is 4.74 Å². The van der Waals surface area contributed by atoms with Crippen molar-refractivity contribution in [1.29, 1.82) is 0 Å². The van der Waals surface area contributed by atoms with Crippen LogP contribution in [-0.2, 0) is 6.42 Å². The Balaban J connectivity index is 1.85. The zero-order valence-electron chi connectivity index (χ0n) is 11.5. The molecule has 0 fully saturated rings. The second-order valence-electron chi connectivity index (χ2n) is 4.96. The number of thiophene rings is 1. The number of rotatable bonds is 4. The van der Waals surface area contributed by atoms with Gasteiger partial charge in [-0.1, -0.05) is 0 Å². The third-order valence-electron chi connectivity index (χ3n) is 3.63. The number of hydrogen-bond acceptors (Lipinski definition) is 3. The minimum atomic E-state index is -0.265. The summed E-state index contributed by atoms with van der Waals surface area (Å²) in [5.74, 6) is 0.328. The molecule has 0 radical (unpaired) electrons. The molecule has 1 aromatic carbocycles. The normalized spacial score (nSPS) is 17.6. The summed E-state index contributed by atoms with van der Waals surface area (Å²) in [7, 11) is 0. The maximum Gasteiger partial charge on any atom is 0.145 e. The van der Waals surface area contributed by atoms with Crippen molar-refractivity contribution in [3.63, 3.8) is 0 Å². The lowest BCUT2D eigenvalue weighted by atomic mass is 9.94. The predicted octanol–water partition coefficient (Wildman–Crippen LogP) is 4.78. The lowest BCUT2D eigenvalue weighted by Gasteiger charge is -2.25. The van der Waals surface area contributed by atoms with E-state index in [1.165, 1.54) is 35.4 Å². The summed E-state index contributed by atoms with van der Waals surface area (Å²) in [6, 6.07) is 7.18. The summed E-state index contributed by atoms with van der Waals surface area (Å²) < 4.78 is 18.9. The average Bonchev–Trinajstić information content (AvgIpc) is 2.91. The number of anilines is 1. The Morgan fingerprint density at radius 2 is 2.30 bits per heavy atom. The molecule has 1 atom stereocenters. The number of aryl methyl sites for hydroxylation is 1. The van der Waals surface area contributed by atoms with E-state index in [2.05, 4.69) is 16.8 Å². The van der Waals surface area contributed by atoms with Gasteiger partial charge in [-0.05, 0) is 55.3 Å². The van der Waals surface area contributed by atoms with Gasteiger partial charge >= 0.3 is 0 Å². The van der Waals surface area contributed by atoms with Gasteiger partial charge in [-0.15, -0.1) is 11.3 Å².